The average Bonchev–Trinajstić information content (AvgIpc) is 3.50. The third-order valence-electron chi connectivity index (χ3n) is 6.98. The summed E-state index contributed by atoms with van der Waals surface area (Å²) in [6.07, 6.45) is 1.28. The van der Waals surface area contributed by atoms with Crippen LogP contribution in [-0.2, 0) is 4.74 Å². The van der Waals surface area contributed by atoms with Crippen LogP contribution in [0.2, 0.25) is 5.02 Å². The Morgan fingerprint density at radius 1 is 1.03 bits per heavy atom. The second-order valence-electron chi connectivity index (χ2n) is 9.00. The lowest BCUT2D eigenvalue weighted by molar-refractivity contribution is 0.0151. The van der Waals surface area contributed by atoms with Crippen LogP contribution in [0.25, 0.3) is 33.4 Å². The van der Waals surface area contributed by atoms with E-state index >= 15 is 0 Å². The summed E-state index contributed by atoms with van der Waals surface area (Å²) in [7, 11) is 0. The normalized spacial score (nSPS) is 24.3. The summed E-state index contributed by atoms with van der Waals surface area (Å²) in [6.45, 7) is 2.40. The van der Waals surface area contributed by atoms with E-state index in [-0.39, 0.29) is 24.2 Å². The first-order valence-corrected chi connectivity index (χ1v) is 11.8. The molecule has 1 aliphatic heterocycles. The first kappa shape index (κ1) is 20.7. The van der Waals surface area contributed by atoms with Crippen molar-refractivity contribution in [2.45, 2.75) is 38.1 Å². The molecule has 168 valence electrons. The quantitative estimate of drug-likeness (QED) is 0.405. The van der Waals surface area contributed by atoms with E-state index in [0.717, 1.165) is 46.3 Å². The van der Waals surface area contributed by atoms with Crippen molar-refractivity contribution in [3.8, 4) is 28.3 Å². The van der Waals surface area contributed by atoms with Crippen LogP contribution in [0.4, 0.5) is 0 Å². The van der Waals surface area contributed by atoms with Crippen LogP contribution in [0.15, 0.2) is 60.7 Å². The van der Waals surface area contributed by atoms with Gasteiger partial charge in [-0.15, -0.1) is 0 Å². The minimum Gasteiger partial charge on any atom is -0.473 e. The van der Waals surface area contributed by atoms with E-state index in [1.807, 2.05) is 31.2 Å². The number of hydrogen-bond acceptors (Lipinski definition) is 4. The second kappa shape index (κ2) is 8.17. The molecule has 1 aliphatic carbocycles. The van der Waals surface area contributed by atoms with Crippen LogP contribution in [0.5, 0.6) is 5.88 Å². The Bertz CT molecular complexity index is 1300. The van der Waals surface area contributed by atoms with Crippen LogP contribution in [-0.4, -0.2) is 40.0 Å². The van der Waals surface area contributed by atoms with Gasteiger partial charge in [0.1, 0.15) is 6.10 Å². The Morgan fingerprint density at radius 3 is 2.55 bits per heavy atom. The fraction of sp³-hybridized carbons (Fsp3) is 0.296. The van der Waals surface area contributed by atoms with Gasteiger partial charge in [0.25, 0.3) is 0 Å². The van der Waals surface area contributed by atoms with Crippen molar-refractivity contribution in [1.29, 1.82) is 0 Å². The Labute approximate surface area is 197 Å². The molecule has 6 heteroatoms. The fourth-order valence-corrected chi connectivity index (χ4v) is 5.44. The predicted octanol–water partition coefficient (Wildman–Crippen LogP) is 5.78. The third-order valence-corrected chi connectivity index (χ3v) is 7.27. The molecule has 33 heavy (non-hydrogen) atoms. The summed E-state index contributed by atoms with van der Waals surface area (Å²) in [5, 5.41) is 10.7. The minimum atomic E-state index is -0.385. The van der Waals surface area contributed by atoms with Gasteiger partial charge in [0.2, 0.25) is 0 Å². The molecule has 4 aromatic rings. The van der Waals surface area contributed by atoms with Crippen molar-refractivity contribution in [2.75, 3.05) is 6.61 Å². The smallest absolute Gasteiger partial charge is 0.196 e. The molecular formula is C27H25ClN2O3. The molecule has 6 rings (SSSR count). The van der Waals surface area contributed by atoms with Gasteiger partial charge in [0, 0.05) is 17.0 Å². The van der Waals surface area contributed by atoms with Gasteiger partial charge in [-0.05, 0) is 37.0 Å². The number of aromatic nitrogens is 2. The predicted molar refractivity (Wildman–Crippen MR) is 130 cm³/mol. The maximum atomic E-state index is 10.1. The molecule has 1 saturated heterocycles. The van der Waals surface area contributed by atoms with Crippen LogP contribution in [0, 0.1) is 12.8 Å². The molecule has 0 bridgehead atoms. The second-order valence-corrected chi connectivity index (χ2v) is 9.41. The first-order chi connectivity index (χ1) is 16.1. The summed E-state index contributed by atoms with van der Waals surface area (Å²) in [5.74, 6) is 0.860. The largest absolute Gasteiger partial charge is 0.473 e. The summed E-state index contributed by atoms with van der Waals surface area (Å²) in [6, 6.07) is 20.5. The highest BCUT2D eigenvalue weighted by Gasteiger charge is 2.47. The zero-order chi connectivity index (χ0) is 22.5. The number of aliphatic hydroxyl groups excluding tert-OH is 1. The van der Waals surface area contributed by atoms with Gasteiger partial charge in [0.15, 0.2) is 5.88 Å². The Morgan fingerprint density at radius 2 is 1.76 bits per heavy atom. The molecule has 2 aromatic carbocycles. The first-order valence-electron chi connectivity index (χ1n) is 11.4. The molecular weight excluding hydrogens is 436 g/mol. The Balaban J connectivity index is 1.30. The van der Waals surface area contributed by atoms with Crippen molar-refractivity contribution >= 4 is 22.6 Å². The highest BCUT2D eigenvalue weighted by atomic mass is 35.5. The molecule has 0 amide bonds. The number of halogens is 1. The number of H-pyrrole nitrogens is 1. The van der Waals surface area contributed by atoms with Gasteiger partial charge in [-0.3, -0.25) is 0 Å². The molecule has 4 atom stereocenters. The van der Waals surface area contributed by atoms with E-state index in [1.54, 1.807) is 0 Å². The topological polar surface area (TPSA) is 67.4 Å². The molecule has 2 aromatic heterocycles. The number of rotatable bonds is 4. The number of benzene rings is 2. The molecule has 2 fully saturated rings. The lowest BCUT2D eigenvalue weighted by Crippen LogP contribution is -2.30. The van der Waals surface area contributed by atoms with Crippen molar-refractivity contribution in [3.05, 3.63) is 71.2 Å². The maximum Gasteiger partial charge on any atom is 0.196 e. The average molecular weight is 461 g/mol. The zero-order valence-corrected chi connectivity index (χ0v) is 19.0. The van der Waals surface area contributed by atoms with Gasteiger partial charge in [-0.2, -0.15) is 0 Å². The van der Waals surface area contributed by atoms with Crippen molar-refractivity contribution in [3.63, 3.8) is 0 Å². The number of aliphatic hydroxyl groups is 1. The Kier molecular flexibility index (Phi) is 5.13. The van der Waals surface area contributed by atoms with E-state index in [9.17, 15) is 5.11 Å². The van der Waals surface area contributed by atoms with Crippen molar-refractivity contribution < 1.29 is 14.6 Å². The number of ether oxygens (including phenoxy) is 2. The monoisotopic (exact) mass is 460 g/mol. The molecule has 0 spiro atoms. The van der Waals surface area contributed by atoms with Crippen LogP contribution >= 0.6 is 11.6 Å². The van der Waals surface area contributed by atoms with E-state index in [0.29, 0.717) is 17.5 Å². The van der Waals surface area contributed by atoms with E-state index < -0.39 is 0 Å². The van der Waals surface area contributed by atoms with E-state index in [4.69, 9.17) is 26.1 Å². The molecule has 0 radical (unpaired) electrons. The number of fused-ring (bicyclic) bond motifs is 2. The molecule has 2 aliphatic rings. The van der Waals surface area contributed by atoms with Crippen LogP contribution < -0.4 is 4.74 Å². The number of nitrogens with zero attached hydrogens (tertiary/aromatic N) is 1. The zero-order valence-electron chi connectivity index (χ0n) is 18.3. The van der Waals surface area contributed by atoms with E-state index in [1.165, 1.54) is 5.56 Å². The molecule has 1 unspecified atom stereocenters. The van der Waals surface area contributed by atoms with E-state index in [2.05, 4.69) is 41.4 Å². The summed E-state index contributed by atoms with van der Waals surface area (Å²) in [5.41, 5.74) is 6.69. The minimum absolute atomic E-state index is 0.0546. The number of pyridine rings is 1. The summed E-state index contributed by atoms with van der Waals surface area (Å²) < 4.78 is 12.1. The molecule has 3 heterocycles. The van der Waals surface area contributed by atoms with Crippen molar-refractivity contribution in [2.24, 2.45) is 5.92 Å². The Hall–Kier alpha value is -2.86. The fourth-order valence-electron chi connectivity index (χ4n) is 5.18. The highest BCUT2D eigenvalue weighted by Crippen LogP contribution is 2.40. The SMILES string of the molecule is Cc1c(O[C@@H]2CCC3[C@H](O)CO[C@@H]32)[nH]c2cc(Cl)c(-c3ccc(-c4ccccc4)cc3)nc12. The number of nitrogens with one attached hydrogen (secondary N) is 1. The van der Waals surface area contributed by atoms with Crippen LogP contribution in [0.3, 0.4) is 0 Å². The van der Waals surface area contributed by atoms with Gasteiger partial charge < -0.3 is 19.6 Å². The summed E-state index contributed by atoms with van der Waals surface area (Å²) in [4.78, 5) is 8.25. The number of aryl methyl sites for hydroxylation is 1. The standard InChI is InChI=1S/C27H25ClN2O3/c1-15-24-21(29-27(15)33-23-12-11-19-22(31)14-32-26(19)23)13-20(28)25(30-24)18-9-7-17(8-10-18)16-5-3-2-4-6-16/h2-10,13,19,22-23,26,29,31H,11-12,14H2,1H3/t19?,22-,23-,26+/m1/s1. The van der Waals surface area contributed by atoms with Crippen molar-refractivity contribution in [1.82, 2.24) is 9.97 Å². The van der Waals surface area contributed by atoms with Gasteiger partial charge in [-0.1, -0.05) is 66.2 Å². The lowest BCUT2D eigenvalue weighted by Gasteiger charge is -2.19. The highest BCUT2D eigenvalue weighted by molar-refractivity contribution is 6.33. The number of hydrogen-bond donors (Lipinski definition) is 2. The maximum absolute atomic E-state index is 10.1. The molecule has 1 saturated carbocycles. The summed E-state index contributed by atoms with van der Waals surface area (Å²) >= 11 is 6.64. The molecule has 5 nitrogen and oxygen atoms in total. The van der Waals surface area contributed by atoms with Gasteiger partial charge in [0.05, 0.1) is 40.6 Å². The molecule has 2 N–H and O–H groups in total. The van der Waals surface area contributed by atoms with Gasteiger partial charge in [-0.25, -0.2) is 4.98 Å². The lowest BCUT2D eigenvalue weighted by atomic mass is 10.0. The van der Waals surface area contributed by atoms with Crippen LogP contribution in [0.1, 0.15) is 18.4 Å². The van der Waals surface area contributed by atoms with Gasteiger partial charge >= 0.3 is 0 Å². The number of aromatic amines is 1. The third kappa shape index (κ3) is 3.61.